The maximum atomic E-state index is 14.3. The number of carbonyl (C=O) groups is 3. The van der Waals surface area contributed by atoms with Gasteiger partial charge in [-0.15, -0.1) is 0 Å². The summed E-state index contributed by atoms with van der Waals surface area (Å²) in [5.74, 6) is -1.42. The van der Waals surface area contributed by atoms with Crippen molar-refractivity contribution in [3.8, 4) is 11.5 Å². The Labute approximate surface area is 237 Å². The van der Waals surface area contributed by atoms with E-state index >= 15 is 0 Å². The second kappa shape index (κ2) is 12.9. The van der Waals surface area contributed by atoms with E-state index in [0.29, 0.717) is 5.56 Å². The highest BCUT2D eigenvalue weighted by Crippen LogP contribution is 2.40. The molecule has 4 N–H and O–H groups in total. The van der Waals surface area contributed by atoms with Gasteiger partial charge in [0, 0.05) is 5.56 Å². The van der Waals surface area contributed by atoms with E-state index in [4.69, 9.17) is 19.6 Å². The number of benzene rings is 1. The monoisotopic (exact) mass is 590 g/mol. The molecule has 0 spiro atoms. The third-order valence-corrected chi connectivity index (χ3v) is 8.78. The molecule has 2 aromatic heterocycles. The van der Waals surface area contributed by atoms with Crippen LogP contribution < -0.4 is 21.4 Å². The number of anilines is 1. The average molecular weight is 591 g/mol. The second-order valence-corrected chi connectivity index (χ2v) is 13.0. The molecule has 0 aliphatic heterocycles. The highest BCUT2D eigenvalue weighted by molar-refractivity contribution is 7.67. The summed E-state index contributed by atoms with van der Waals surface area (Å²) < 4.78 is 30.8. The minimum absolute atomic E-state index is 0.100. The molecule has 2 heterocycles. The van der Waals surface area contributed by atoms with Crippen LogP contribution in [-0.2, 0) is 23.6 Å². The van der Waals surface area contributed by atoms with Gasteiger partial charge in [0.05, 0.1) is 12.2 Å². The lowest BCUT2D eigenvalue weighted by atomic mass is 10.0. The Morgan fingerprint density at radius 1 is 0.925 bits per heavy atom. The SMILES string of the molecule is Cc1ccccc1C(=O)c1sc(N)nc1-c1ccc(P(=O)(N[C@@H](C)C(=O)OC(C)C)N[C@@H](C)C(=O)OC(C)C)o1. The maximum absolute atomic E-state index is 14.3. The quantitative estimate of drug-likeness (QED) is 0.157. The van der Waals surface area contributed by atoms with Gasteiger partial charge in [0.25, 0.3) is 7.44 Å². The minimum Gasteiger partial charge on any atom is -0.462 e. The van der Waals surface area contributed by atoms with Crippen molar-refractivity contribution in [2.75, 3.05) is 5.73 Å². The van der Waals surface area contributed by atoms with Crippen molar-refractivity contribution in [3.63, 3.8) is 0 Å². The van der Waals surface area contributed by atoms with Crippen LogP contribution in [0.1, 0.15) is 62.3 Å². The number of thiazole rings is 1. The van der Waals surface area contributed by atoms with Crippen LogP contribution in [0.15, 0.2) is 40.8 Å². The van der Waals surface area contributed by atoms with E-state index in [9.17, 15) is 18.9 Å². The number of aromatic nitrogens is 1. The molecule has 1 aromatic carbocycles. The molecule has 0 saturated carbocycles. The number of ketones is 1. The highest BCUT2D eigenvalue weighted by Gasteiger charge is 2.37. The van der Waals surface area contributed by atoms with Crippen molar-refractivity contribution in [1.29, 1.82) is 0 Å². The standard InChI is InChI=1S/C27H35N4O7PS/c1-14(2)36-25(33)17(6)30-39(35,31-18(7)26(34)37-15(3)4)21-13-12-20(38-21)22-24(40-27(28)29-22)23(32)19-11-9-8-10-16(19)5/h8-15,17-18H,1-7H3,(H2,28,29)(H2,30,31,35)/t17-,18-/m0/s1. The van der Waals surface area contributed by atoms with Gasteiger partial charge in [-0.05, 0) is 66.2 Å². The predicted molar refractivity (Wildman–Crippen MR) is 154 cm³/mol. The summed E-state index contributed by atoms with van der Waals surface area (Å²) in [5, 5.41) is 5.66. The van der Waals surface area contributed by atoms with Crippen LogP contribution in [-0.4, -0.2) is 47.0 Å². The Bertz CT molecular complexity index is 1400. The summed E-state index contributed by atoms with van der Waals surface area (Å²) in [6.07, 6.45) is -0.780. The number of hydrogen-bond acceptors (Lipinski definition) is 10. The minimum atomic E-state index is -3.98. The molecular formula is C27H35N4O7PS. The van der Waals surface area contributed by atoms with E-state index in [1.54, 1.807) is 39.8 Å². The van der Waals surface area contributed by atoms with E-state index in [0.717, 1.165) is 16.9 Å². The molecule has 0 bridgehead atoms. The zero-order valence-corrected chi connectivity index (χ0v) is 25.2. The van der Waals surface area contributed by atoms with Gasteiger partial charge >= 0.3 is 11.9 Å². The summed E-state index contributed by atoms with van der Waals surface area (Å²) in [5.41, 5.74) is 7.33. The third kappa shape index (κ3) is 7.45. The molecule has 0 unspecified atom stereocenters. The first-order valence-electron chi connectivity index (χ1n) is 12.8. The average Bonchev–Trinajstić information content (AvgIpc) is 3.50. The molecule has 0 aliphatic carbocycles. The van der Waals surface area contributed by atoms with E-state index in [1.807, 2.05) is 19.1 Å². The molecule has 0 aliphatic rings. The molecule has 0 fully saturated rings. The van der Waals surface area contributed by atoms with Crippen LogP contribution in [0.25, 0.3) is 11.5 Å². The summed E-state index contributed by atoms with van der Waals surface area (Å²) in [7, 11) is -3.98. The molecular weight excluding hydrogens is 555 g/mol. The molecule has 0 amide bonds. The number of ether oxygens (including phenoxy) is 2. The third-order valence-electron chi connectivity index (χ3n) is 5.54. The first-order valence-corrected chi connectivity index (χ1v) is 15.3. The van der Waals surface area contributed by atoms with E-state index < -0.39 is 43.7 Å². The fraction of sp³-hybridized carbons (Fsp3) is 0.407. The predicted octanol–water partition coefficient (Wildman–Crippen LogP) is 4.20. The van der Waals surface area contributed by atoms with Crippen LogP contribution >= 0.6 is 18.8 Å². The number of hydrogen-bond donors (Lipinski definition) is 3. The lowest BCUT2D eigenvalue weighted by molar-refractivity contribution is -0.149. The lowest BCUT2D eigenvalue weighted by Crippen LogP contribution is -2.45. The van der Waals surface area contributed by atoms with Crippen LogP contribution in [0.3, 0.4) is 0 Å². The van der Waals surface area contributed by atoms with Gasteiger partial charge in [-0.25, -0.2) is 15.2 Å². The molecule has 11 nitrogen and oxygen atoms in total. The highest BCUT2D eigenvalue weighted by atomic mass is 32.1. The maximum Gasteiger partial charge on any atom is 0.323 e. The van der Waals surface area contributed by atoms with Crippen LogP contribution in [0.2, 0.25) is 0 Å². The van der Waals surface area contributed by atoms with Gasteiger partial charge in [0.1, 0.15) is 22.7 Å². The number of nitrogens with two attached hydrogens (primary N) is 1. The van der Waals surface area contributed by atoms with Crippen LogP contribution in [0.4, 0.5) is 5.13 Å². The second-order valence-electron chi connectivity index (χ2n) is 9.79. The summed E-state index contributed by atoms with van der Waals surface area (Å²) in [6, 6.07) is 8.00. The Kier molecular flexibility index (Phi) is 10.1. The molecule has 0 saturated heterocycles. The van der Waals surface area contributed by atoms with Crippen LogP contribution in [0, 0.1) is 6.92 Å². The number of esters is 2. The summed E-state index contributed by atoms with van der Waals surface area (Å²) in [4.78, 5) is 43.0. The van der Waals surface area contributed by atoms with Gasteiger partial charge in [-0.1, -0.05) is 35.6 Å². The number of rotatable bonds is 12. The Morgan fingerprint density at radius 2 is 1.48 bits per heavy atom. The molecule has 0 radical (unpaired) electrons. The number of aryl methyl sites for hydroxylation is 1. The summed E-state index contributed by atoms with van der Waals surface area (Å²) >= 11 is 1.01. The zero-order chi connectivity index (χ0) is 29.8. The molecule has 40 heavy (non-hydrogen) atoms. The Balaban J connectivity index is 2.00. The van der Waals surface area contributed by atoms with Crippen molar-refractivity contribution in [2.24, 2.45) is 0 Å². The van der Waals surface area contributed by atoms with Crippen molar-refractivity contribution >= 4 is 47.1 Å². The lowest BCUT2D eigenvalue weighted by Gasteiger charge is -2.25. The van der Waals surface area contributed by atoms with Crippen molar-refractivity contribution < 1.29 is 32.8 Å². The van der Waals surface area contributed by atoms with E-state index in [-0.39, 0.29) is 32.7 Å². The molecule has 3 rings (SSSR count). The number of furan rings is 1. The number of nitrogen functional groups attached to an aromatic ring is 1. The zero-order valence-electron chi connectivity index (χ0n) is 23.5. The molecule has 13 heteroatoms. The normalized spacial score (nSPS) is 13.3. The molecule has 216 valence electrons. The van der Waals surface area contributed by atoms with Crippen molar-refractivity contribution in [2.45, 2.75) is 72.8 Å². The Hall–Kier alpha value is -3.31. The number of carbonyl (C=O) groups excluding carboxylic acids is 3. The summed E-state index contributed by atoms with van der Waals surface area (Å²) in [6.45, 7) is 11.6. The van der Waals surface area contributed by atoms with Gasteiger partial charge < -0.3 is 19.6 Å². The molecule has 3 aromatic rings. The first-order chi connectivity index (χ1) is 18.7. The molecule has 2 atom stereocenters. The topological polar surface area (TPSA) is 163 Å². The van der Waals surface area contributed by atoms with Crippen molar-refractivity contribution in [3.05, 3.63) is 52.4 Å². The van der Waals surface area contributed by atoms with Gasteiger partial charge in [0.15, 0.2) is 16.4 Å². The number of nitrogens with zero attached hydrogens (tertiary/aromatic N) is 1. The van der Waals surface area contributed by atoms with E-state index in [1.165, 1.54) is 26.0 Å². The largest absolute Gasteiger partial charge is 0.462 e. The van der Waals surface area contributed by atoms with Gasteiger partial charge in [-0.3, -0.25) is 18.9 Å². The van der Waals surface area contributed by atoms with Crippen molar-refractivity contribution in [1.82, 2.24) is 15.2 Å². The van der Waals surface area contributed by atoms with Gasteiger partial charge in [0.2, 0.25) is 5.78 Å². The number of nitrogens with one attached hydrogen (secondary N) is 2. The van der Waals surface area contributed by atoms with Gasteiger partial charge in [-0.2, -0.15) is 0 Å². The first kappa shape index (κ1) is 31.2. The van der Waals surface area contributed by atoms with E-state index in [2.05, 4.69) is 15.2 Å². The van der Waals surface area contributed by atoms with Crippen LogP contribution in [0.5, 0.6) is 0 Å². The Morgan fingerprint density at radius 3 is 2.00 bits per heavy atom. The fourth-order valence-corrected chi connectivity index (χ4v) is 6.65. The smallest absolute Gasteiger partial charge is 0.323 e. The fourth-order valence-electron chi connectivity index (χ4n) is 3.72.